The highest BCUT2D eigenvalue weighted by Crippen LogP contribution is 2.05. The Morgan fingerprint density at radius 1 is 1.44 bits per heavy atom. The number of methoxy groups -OCH3 is 1. The van der Waals surface area contributed by atoms with Gasteiger partial charge < -0.3 is 14.7 Å². The van der Waals surface area contributed by atoms with Crippen LogP contribution in [-0.4, -0.2) is 59.7 Å². The lowest BCUT2D eigenvalue weighted by Crippen LogP contribution is -2.41. The Balaban J connectivity index is 4.02. The molecule has 5 nitrogen and oxygen atoms in total. The van der Waals surface area contributed by atoms with Crippen molar-refractivity contribution in [3.8, 4) is 0 Å². The quantitative estimate of drug-likeness (QED) is 0.641. The minimum Gasteiger partial charge on any atom is -0.480 e. The summed E-state index contributed by atoms with van der Waals surface area (Å²) in [6.07, 6.45) is 0. The molecule has 0 aliphatic carbocycles. The summed E-state index contributed by atoms with van der Waals surface area (Å²) < 4.78 is 4.86. The number of carboxylic acid groups (broad SMARTS) is 1. The second kappa shape index (κ2) is 8.41. The fraction of sp³-hybridized carbons (Fsp3) is 0.800. The number of nitrogens with zero attached hydrogens (tertiary/aromatic N) is 1. The van der Waals surface area contributed by atoms with Crippen molar-refractivity contribution in [3.63, 3.8) is 0 Å². The second-order valence-electron chi connectivity index (χ2n) is 3.55. The minimum atomic E-state index is -0.982. The van der Waals surface area contributed by atoms with Gasteiger partial charge in [-0.2, -0.15) is 0 Å². The fourth-order valence-corrected chi connectivity index (χ4v) is 1.86. The molecule has 0 atom stereocenters. The zero-order chi connectivity index (χ0) is 12.6. The molecule has 0 aliphatic rings. The third-order valence-electron chi connectivity index (χ3n) is 1.91. The first kappa shape index (κ1) is 15.2. The van der Waals surface area contributed by atoms with Crippen LogP contribution in [0.5, 0.6) is 0 Å². The summed E-state index contributed by atoms with van der Waals surface area (Å²) >= 11 is 1.45. The molecule has 16 heavy (non-hydrogen) atoms. The van der Waals surface area contributed by atoms with Gasteiger partial charge in [-0.25, -0.2) is 0 Å². The van der Waals surface area contributed by atoms with Crippen molar-refractivity contribution in [1.82, 2.24) is 4.90 Å². The van der Waals surface area contributed by atoms with Gasteiger partial charge in [-0.15, -0.1) is 11.8 Å². The predicted molar refractivity (Wildman–Crippen MR) is 63.7 cm³/mol. The maximum atomic E-state index is 11.7. The zero-order valence-corrected chi connectivity index (χ0v) is 10.7. The maximum absolute atomic E-state index is 11.7. The number of hydrogen-bond donors (Lipinski definition) is 1. The molecular weight excluding hydrogens is 230 g/mol. The molecule has 1 amide bonds. The summed E-state index contributed by atoms with van der Waals surface area (Å²) in [7, 11) is 1.60. The monoisotopic (exact) mass is 249 g/mol. The van der Waals surface area contributed by atoms with Gasteiger partial charge in [0.05, 0.1) is 12.4 Å². The van der Waals surface area contributed by atoms with E-state index in [1.165, 1.54) is 16.7 Å². The summed E-state index contributed by atoms with van der Waals surface area (Å²) in [5, 5.41) is 8.67. The van der Waals surface area contributed by atoms with E-state index in [4.69, 9.17) is 9.84 Å². The van der Waals surface area contributed by atoms with Crippen LogP contribution in [0, 0.1) is 0 Å². The van der Waals surface area contributed by atoms with E-state index in [-0.39, 0.29) is 18.5 Å². The SMILES string of the molecule is COCCSCC(=O)N(CC(=O)O)C(C)C. The molecule has 6 heteroatoms. The highest BCUT2D eigenvalue weighted by molar-refractivity contribution is 7.99. The molecule has 0 aromatic rings. The highest BCUT2D eigenvalue weighted by Gasteiger charge is 2.19. The molecule has 0 saturated carbocycles. The standard InChI is InChI=1S/C10H19NO4S/c1-8(2)11(6-10(13)14)9(12)7-16-5-4-15-3/h8H,4-7H2,1-3H3,(H,13,14). The van der Waals surface area contributed by atoms with Gasteiger partial charge in [0.2, 0.25) is 5.91 Å². The van der Waals surface area contributed by atoms with Gasteiger partial charge in [-0.05, 0) is 13.8 Å². The third-order valence-corrected chi connectivity index (χ3v) is 2.81. The van der Waals surface area contributed by atoms with E-state index in [2.05, 4.69) is 0 Å². The summed E-state index contributed by atoms with van der Waals surface area (Å²) in [5.41, 5.74) is 0. The average Bonchev–Trinajstić information content (AvgIpc) is 2.20. The van der Waals surface area contributed by atoms with Crippen molar-refractivity contribution in [2.75, 3.05) is 31.8 Å². The topological polar surface area (TPSA) is 66.8 Å². The van der Waals surface area contributed by atoms with Crippen molar-refractivity contribution in [2.45, 2.75) is 19.9 Å². The Kier molecular flexibility index (Phi) is 8.01. The number of hydrogen-bond acceptors (Lipinski definition) is 4. The second-order valence-corrected chi connectivity index (χ2v) is 4.66. The summed E-state index contributed by atoms with van der Waals surface area (Å²) in [4.78, 5) is 23.6. The molecule has 0 unspecified atom stereocenters. The molecule has 0 spiro atoms. The fourth-order valence-electron chi connectivity index (χ4n) is 1.09. The first-order valence-electron chi connectivity index (χ1n) is 5.07. The van der Waals surface area contributed by atoms with Crippen LogP contribution < -0.4 is 0 Å². The Hall–Kier alpha value is -0.750. The highest BCUT2D eigenvalue weighted by atomic mass is 32.2. The number of thioether (sulfide) groups is 1. The predicted octanol–water partition coefficient (Wildman–Crippen LogP) is 0.688. The number of ether oxygens (including phenoxy) is 1. The summed E-state index contributed by atoms with van der Waals surface area (Å²) in [6, 6.07) is -0.0911. The first-order valence-corrected chi connectivity index (χ1v) is 6.22. The van der Waals surface area contributed by atoms with Crippen LogP contribution in [0.25, 0.3) is 0 Å². The molecule has 1 N–H and O–H groups in total. The van der Waals surface area contributed by atoms with Gasteiger partial charge in [-0.3, -0.25) is 9.59 Å². The van der Waals surface area contributed by atoms with Crippen LogP contribution in [0.15, 0.2) is 0 Å². The lowest BCUT2D eigenvalue weighted by atomic mass is 10.3. The lowest BCUT2D eigenvalue weighted by molar-refractivity contribution is -0.144. The third kappa shape index (κ3) is 6.68. The van der Waals surface area contributed by atoms with Crippen molar-refractivity contribution in [2.24, 2.45) is 0 Å². The van der Waals surface area contributed by atoms with E-state index >= 15 is 0 Å². The minimum absolute atomic E-state index is 0.0911. The van der Waals surface area contributed by atoms with Crippen LogP contribution in [0.2, 0.25) is 0 Å². The van der Waals surface area contributed by atoms with Gasteiger partial charge in [-0.1, -0.05) is 0 Å². The molecule has 0 aromatic heterocycles. The number of amides is 1. The Morgan fingerprint density at radius 2 is 2.06 bits per heavy atom. The Labute approximate surface area is 100 Å². The van der Waals surface area contributed by atoms with E-state index in [0.717, 1.165) is 5.75 Å². The first-order chi connectivity index (χ1) is 7.49. The van der Waals surface area contributed by atoms with Crippen LogP contribution >= 0.6 is 11.8 Å². The molecule has 0 saturated heterocycles. The van der Waals surface area contributed by atoms with E-state index in [1.807, 2.05) is 0 Å². The lowest BCUT2D eigenvalue weighted by Gasteiger charge is -2.24. The number of aliphatic carboxylic acids is 1. The zero-order valence-electron chi connectivity index (χ0n) is 9.93. The molecular formula is C10H19NO4S. The molecule has 0 rings (SSSR count). The van der Waals surface area contributed by atoms with Crippen LogP contribution in [-0.2, 0) is 14.3 Å². The summed E-state index contributed by atoms with van der Waals surface area (Å²) in [6.45, 7) is 3.97. The average molecular weight is 249 g/mol. The molecule has 0 fully saturated rings. The number of carbonyl (C=O) groups is 2. The van der Waals surface area contributed by atoms with Crippen molar-refractivity contribution >= 4 is 23.6 Å². The van der Waals surface area contributed by atoms with Crippen molar-refractivity contribution in [1.29, 1.82) is 0 Å². The van der Waals surface area contributed by atoms with Gasteiger partial charge in [0.25, 0.3) is 0 Å². The van der Waals surface area contributed by atoms with Crippen LogP contribution in [0.4, 0.5) is 0 Å². The Morgan fingerprint density at radius 3 is 2.50 bits per heavy atom. The number of carboxylic acids is 1. The van der Waals surface area contributed by atoms with Crippen LogP contribution in [0.1, 0.15) is 13.8 Å². The van der Waals surface area contributed by atoms with Gasteiger partial charge >= 0.3 is 5.97 Å². The largest absolute Gasteiger partial charge is 0.480 e. The Bertz CT molecular complexity index is 233. The smallest absolute Gasteiger partial charge is 0.323 e. The van der Waals surface area contributed by atoms with E-state index in [9.17, 15) is 9.59 Å². The number of rotatable bonds is 8. The van der Waals surface area contributed by atoms with Gasteiger partial charge in [0, 0.05) is 18.9 Å². The van der Waals surface area contributed by atoms with Crippen molar-refractivity contribution < 1.29 is 19.4 Å². The van der Waals surface area contributed by atoms with E-state index in [0.29, 0.717) is 12.4 Å². The molecule has 0 aromatic carbocycles. The summed E-state index contributed by atoms with van der Waals surface area (Å²) in [5.74, 6) is -0.0850. The van der Waals surface area contributed by atoms with Crippen LogP contribution in [0.3, 0.4) is 0 Å². The molecule has 0 radical (unpaired) electrons. The van der Waals surface area contributed by atoms with Gasteiger partial charge in [0.15, 0.2) is 0 Å². The van der Waals surface area contributed by atoms with Crippen molar-refractivity contribution in [3.05, 3.63) is 0 Å². The maximum Gasteiger partial charge on any atom is 0.323 e. The van der Waals surface area contributed by atoms with E-state index in [1.54, 1.807) is 21.0 Å². The molecule has 0 bridgehead atoms. The molecule has 0 heterocycles. The van der Waals surface area contributed by atoms with E-state index < -0.39 is 5.97 Å². The normalized spacial score (nSPS) is 10.5. The number of carbonyl (C=O) groups excluding carboxylic acids is 1. The van der Waals surface area contributed by atoms with Gasteiger partial charge in [0.1, 0.15) is 6.54 Å². The molecule has 0 aliphatic heterocycles. The molecule has 94 valence electrons.